The van der Waals surface area contributed by atoms with E-state index in [4.69, 9.17) is 0 Å². The molecule has 1 fully saturated rings. The Bertz CT molecular complexity index is 252. The SMILES string of the molecule is CCCCCCCCCCCC(=O)NCCCNC1CC1. The summed E-state index contributed by atoms with van der Waals surface area (Å²) < 4.78 is 0. The lowest BCUT2D eigenvalue weighted by Crippen LogP contribution is -2.27. The fourth-order valence-electron chi connectivity index (χ4n) is 2.59. The first kappa shape index (κ1) is 18.5. The van der Waals surface area contributed by atoms with Gasteiger partial charge in [0.15, 0.2) is 0 Å². The minimum absolute atomic E-state index is 0.240. The summed E-state index contributed by atoms with van der Waals surface area (Å²) in [5.74, 6) is 0.240. The lowest BCUT2D eigenvalue weighted by Gasteiger charge is -2.06. The summed E-state index contributed by atoms with van der Waals surface area (Å²) in [5.41, 5.74) is 0. The smallest absolute Gasteiger partial charge is 0.219 e. The molecule has 0 bridgehead atoms. The zero-order valence-electron chi connectivity index (χ0n) is 14.1. The molecule has 1 saturated carbocycles. The van der Waals surface area contributed by atoms with Crippen LogP contribution in [-0.4, -0.2) is 25.0 Å². The fraction of sp³-hybridized carbons (Fsp3) is 0.944. The first-order valence-corrected chi connectivity index (χ1v) is 9.33. The van der Waals surface area contributed by atoms with Gasteiger partial charge in [0.25, 0.3) is 0 Å². The van der Waals surface area contributed by atoms with Crippen LogP contribution in [0.3, 0.4) is 0 Å². The zero-order valence-corrected chi connectivity index (χ0v) is 14.1. The summed E-state index contributed by atoms with van der Waals surface area (Å²) in [5, 5.41) is 6.49. The number of amides is 1. The number of hydrogen-bond acceptors (Lipinski definition) is 2. The predicted octanol–water partition coefficient (Wildman–Crippen LogP) is 4.17. The second-order valence-corrected chi connectivity index (χ2v) is 6.51. The number of carbonyl (C=O) groups excluding carboxylic acids is 1. The van der Waals surface area contributed by atoms with E-state index < -0.39 is 0 Å². The van der Waals surface area contributed by atoms with Gasteiger partial charge in [0.2, 0.25) is 5.91 Å². The fourth-order valence-corrected chi connectivity index (χ4v) is 2.59. The van der Waals surface area contributed by atoms with Crippen molar-refractivity contribution in [3.05, 3.63) is 0 Å². The Hall–Kier alpha value is -0.570. The minimum Gasteiger partial charge on any atom is -0.356 e. The van der Waals surface area contributed by atoms with Gasteiger partial charge in [0.05, 0.1) is 0 Å². The van der Waals surface area contributed by atoms with Crippen molar-refractivity contribution in [2.24, 2.45) is 0 Å². The molecule has 0 aromatic carbocycles. The second kappa shape index (κ2) is 13.1. The molecule has 0 heterocycles. The van der Waals surface area contributed by atoms with Gasteiger partial charge < -0.3 is 10.6 Å². The Labute approximate surface area is 131 Å². The van der Waals surface area contributed by atoms with Gasteiger partial charge in [-0.3, -0.25) is 4.79 Å². The van der Waals surface area contributed by atoms with Crippen LogP contribution in [0.1, 0.15) is 90.4 Å². The van der Waals surface area contributed by atoms with Crippen LogP contribution < -0.4 is 10.6 Å². The summed E-state index contributed by atoms with van der Waals surface area (Å²) in [4.78, 5) is 11.6. The third-order valence-electron chi connectivity index (χ3n) is 4.19. The van der Waals surface area contributed by atoms with Gasteiger partial charge in [-0.05, 0) is 32.2 Å². The maximum atomic E-state index is 11.6. The maximum Gasteiger partial charge on any atom is 0.219 e. The van der Waals surface area contributed by atoms with Crippen LogP contribution in [0.25, 0.3) is 0 Å². The number of rotatable bonds is 15. The first-order valence-electron chi connectivity index (χ1n) is 9.33. The Morgan fingerprint density at radius 3 is 2.10 bits per heavy atom. The normalized spacial score (nSPS) is 14.3. The van der Waals surface area contributed by atoms with Gasteiger partial charge >= 0.3 is 0 Å². The van der Waals surface area contributed by atoms with E-state index in [1.807, 2.05) is 0 Å². The molecule has 0 aromatic heterocycles. The third-order valence-corrected chi connectivity index (χ3v) is 4.19. The van der Waals surface area contributed by atoms with Crippen LogP contribution in [0.2, 0.25) is 0 Å². The molecule has 0 atom stereocenters. The van der Waals surface area contributed by atoms with E-state index in [0.29, 0.717) is 6.42 Å². The van der Waals surface area contributed by atoms with Crippen molar-refractivity contribution in [3.63, 3.8) is 0 Å². The average Bonchev–Trinajstić information content (AvgIpc) is 3.29. The lowest BCUT2D eigenvalue weighted by molar-refractivity contribution is -0.121. The van der Waals surface area contributed by atoms with Gasteiger partial charge in [0, 0.05) is 19.0 Å². The molecule has 2 N–H and O–H groups in total. The van der Waals surface area contributed by atoms with Crippen molar-refractivity contribution in [2.45, 2.75) is 96.4 Å². The van der Waals surface area contributed by atoms with Crippen molar-refractivity contribution >= 4 is 5.91 Å². The highest BCUT2D eigenvalue weighted by Crippen LogP contribution is 2.18. The highest BCUT2D eigenvalue weighted by molar-refractivity contribution is 5.75. The molecule has 0 saturated heterocycles. The zero-order chi connectivity index (χ0) is 15.2. The van der Waals surface area contributed by atoms with E-state index in [-0.39, 0.29) is 5.91 Å². The standard InChI is InChI=1S/C18H36N2O/c1-2-3-4-5-6-7-8-9-10-12-18(21)20-16-11-15-19-17-13-14-17/h17,19H,2-16H2,1H3,(H,20,21). The van der Waals surface area contributed by atoms with E-state index >= 15 is 0 Å². The van der Waals surface area contributed by atoms with E-state index in [2.05, 4.69) is 17.6 Å². The summed E-state index contributed by atoms with van der Waals surface area (Å²) in [6.45, 7) is 4.13. The summed E-state index contributed by atoms with van der Waals surface area (Å²) in [6, 6.07) is 0.780. The van der Waals surface area contributed by atoms with Crippen molar-refractivity contribution < 1.29 is 4.79 Å². The molecule has 21 heavy (non-hydrogen) atoms. The topological polar surface area (TPSA) is 41.1 Å². The minimum atomic E-state index is 0.240. The lowest BCUT2D eigenvalue weighted by atomic mass is 10.1. The van der Waals surface area contributed by atoms with Crippen molar-refractivity contribution in [1.82, 2.24) is 10.6 Å². The third kappa shape index (κ3) is 12.9. The van der Waals surface area contributed by atoms with Crippen LogP contribution in [-0.2, 0) is 4.79 Å². The van der Waals surface area contributed by atoms with Crippen LogP contribution in [0.5, 0.6) is 0 Å². The summed E-state index contributed by atoms with van der Waals surface area (Å²) >= 11 is 0. The average molecular weight is 296 g/mol. The van der Waals surface area contributed by atoms with Gasteiger partial charge in [-0.2, -0.15) is 0 Å². The molecule has 0 unspecified atom stereocenters. The van der Waals surface area contributed by atoms with Gasteiger partial charge in [-0.15, -0.1) is 0 Å². The highest BCUT2D eigenvalue weighted by atomic mass is 16.1. The number of nitrogens with one attached hydrogen (secondary N) is 2. The van der Waals surface area contributed by atoms with E-state index in [0.717, 1.165) is 32.0 Å². The van der Waals surface area contributed by atoms with Gasteiger partial charge in [-0.25, -0.2) is 0 Å². The molecule has 0 spiro atoms. The molecular weight excluding hydrogens is 260 g/mol. The number of unbranched alkanes of at least 4 members (excludes halogenated alkanes) is 8. The molecule has 124 valence electrons. The van der Waals surface area contributed by atoms with Crippen LogP contribution in [0.15, 0.2) is 0 Å². The Morgan fingerprint density at radius 1 is 0.857 bits per heavy atom. The molecule has 3 nitrogen and oxygen atoms in total. The summed E-state index contributed by atoms with van der Waals surface area (Å²) in [6.07, 6.45) is 16.2. The molecule has 1 aliphatic rings. The van der Waals surface area contributed by atoms with Gasteiger partial charge in [0.1, 0.15) is 0 Å². The monoisotopic (exact) mass is 296 g/mol. The second-order valence-electron chi connectivity index (χ2n) is 6.51. The molecule has 1 aliphatic carbocycles. The largest absolute Gasteiger partial charge is 0.356 e. The molecule has 1 amide bonds. The molecular formula is C18H36N2O. The van der Waals surface area contributed by atoms with Crippen molar-refractivity contribution in [3.8, 4) is 0 Å². The first-order chi connectivity index (χ1) is 10.3. The Balaban J connectivity index is 1.72. The Kier molecular flexibility index (Phi) is 11.5. The highest BCUT2D eigenvalue weighted by Gasteiger charge is 2.19. The summed E-state index contributed by atoms with van der Waals surface area (Å²) in [7, 11) is 0. The van der Waals surface area contributed by atoms with Crippen molar-refractivity contribution in [2.75, 3.05) is 13.1 Å². The van der Waals surface area contributed by atoms with Crippen LogP contribution in [0, 0.1) is 0 Å². The molecule has 3 heteroatoms. The van der Waals surface area contributed by atoms with E-state index in [9.17, 15) is 4.79 Å². The van der Waals surface area contributed by atoms with Crippen LogP contribution >= 0.6 is 0 Å². The quantitative estimate of drug-likeness (QED) is 0.445. The maximum absolute atomic E-state index is 11.6. The Morgan fingerprint density at radius 2 is 1.48 bits per heavy atom. The number of hydrogen-bond donors (Lipinski definition) is 2. The van der Waals surface area contributed by atoms with Gasteiger partial charge in [-0.1, -0.05) is 58.3 Å². The molecule has 0 radical (unpaired) electrons. The number of carbonyl (C=O) groups is 1. The van der Waals surface area contributed by atoms with E-state index in [1.165, 1.54) is 64.2 Å². The van der Waals surface area contributed by atoms with Crippen LogP contribution in [0.4, 0.5) is 0 Å². The molecule has 1 rings (SSSR count). The van der Waals surface area contributed by atoms with E-state index in [1.54, 1.807) is 0 Å². The molecule has 0 aliphatic heterocycles. The predicted molar refractivity (Wildman–Crippen MR) is 90.5 cm³/mol. The van der Waals surface area contributed by atoms with Crippen molar-refractivity contribution in [1.29, 1.82) is 0 Å². The molecule has 0 aromatic rings.